The zero-order valence-electron chi connectivity index (χ0n) is 18.3. The summed E-state index contributed by atoms with van der Waals surface area (Å²) in [7, 11) is -3.73. The van der Waals surface area contributed by atoms with Crippen molar-refractivity contribution in [2.75, 3.05) is 26.2 Å². The summed E-state index contributed by atoms with van der Waals surface area (Å²) in [5.74, 6) is 0.781. The van der Waals surface area contributed by atoms with Gasteiger partial charge in [-0.25, -0.2) is 12.8 Å². The van der Waals surface area contributed by atoms with Crippen LogP contribution >= 0.6 is 11.8 Å². The lowest BCUT2D eigenvalue weighted by molar-refractivity contribution is 0.0694. The molecule has 1 aromatic heterocycles. The Morgan fingerprint density at radius 2 is 1.73 bits per heavy atom. The maximum atomic E-state index is 13.3. The van der Waals surface area contributed by atoms with Gasteiger partial charge in [0.15, 0.2) is 0 Å². The molecule has 10 heteroatoms. The van der Waals surface area contributed by atoms with E-state index in [1.54, 1.807) is 22.7 Å². The molecular formula is C23H24FN3O4S2. The Balaban J connectivity index is 1.43. The van der Waals surface area contributed by atoms with Crippen molar-refractivity contribution in [2.45, 2.75) is 29.4 Å². The van der Waals surface area contributed by atoms with Crippen LogP contribution in [-0.2, 0) is 15.8 Å². The fourth-order valence-electron chi connectivity index (χ4n) is 3.68. The number of thioether (sulfide) groups is 1. The van der Waals surface area contributed by atoms with Gasteiger partial charge < -0.3 is 9.42 Å². The number of sulfonamides is 1. The number of hydrogen-bond donors (Lipinski definition) is 0. The molecule has 2 aromatic carbocycles. The van der Waals surface area contributed by atoms with Gasteiger partial charge in [-0.3, -0.25) is 4.79 Å². The molecule has 1 aliphatic heterocycles. The molecule has 1 fully saturated rings. The van der Waals surface area contributed by atoms with E-state index < -0.39 is 15.8 Å². The van der Waals surface area contributed by atoms with Gasteiger partial charge in [0.1, 0.15) is 11.6 Å². The lowest BCUT2D eigenvalue weighted by Gasteiger charge is -2.34. The number of piperazine rings is 1. The molecule has 174 valence electrons. The largest absolute Gasteiger partial charge is 0.361 e. The van der Waals surface area contributed by atoms with Crippen LogP contribution in [0.25, 0.3) is 0 Å². The summed E-state index contributed by atoms with van der Waals surface area (Å²) in [5, 5.41) is 3.98. The van der Waals surface area contributed by atoms with E-state index in [-0.39, 0.29) is 37.0 Å². The van der Waals surface area contributed by atoms with Crippen molar-refractivity contribution in [3.63, 3.8) is 0 Å². The quantitative estimate of drug-likeness (QED) is 0.489. The lowest BCUT2D eigenvalue weighted by atomic mass is 10.2. The van der Waals surface area contributed by atoms with Gasteiger partial charge in [0.25, 0.3) is 5.91 Å². The van der Waals surface area contributed by atoms with Gasteiger partial charge in [-0.05, 0) is 50.2 Å². The van der Waals surface area contributed by atoms with Crippen LogP contribution in [0.2, 0.25) is 0 Å². The summed E-state index contributed by atoms with van der Waals surface area (Å²) in [5.41, 5.74) is 2.44. The maximum Gasteiger partial charge on any atom is 0.255 e. The number of aryl methyl sites for hydroxylation is 2. The topological polar surface area (TPSA) is 83.7 Å². The summed E-state index contributed by atoms with van der Waals surface area (Å²) in [6, 6.07) is 12.2. The predicted octanol–water partition coefficient (Wildman–Crippen LogP) is 3.87. The monoisotopic (exact) mass is 489 g/mol. The molecule has 0 N–H and O–H groups in total. The van der Waals surface area contributed by atoms with Gasteiger partial charge in [0.05, 0.1) is 16.2 Å². The Labute approximate surface area is 196 Å². The van der Waals surface area contributed by atoms with Crippen molar-refractivity contribution in [1.29, 1.82) is 0 Å². The van der Waals surface area contributed by atoms with Crippen molar-refractivity contribution >= 4 is 27.7 Å². The van der Waals surface area contributed by atoms with Crippen LogP contribution in [0.4, 0.5) is 4.39 Å². The molecule has 0 radical (unpaired) electrons. The first-order chi connectivity index (χ1) is 15.8. The SMILES string of the molecule is Cc1noc(C)c1CSc1ccccc1C(=O)N1CCN(S(=O)(=O)c2ccc(F)cc2)CC1. The van der Waals surface area contributed by atoms with Crippen LogP contribution in [0, 0.1) is 19.7 Å². The number of carbonyl (C=O) groups excluding carboxylic acids is 1. The third-order valence-corrected chi connectivity index (χ3v) is 8.66. The highest BCUT2D eigenvalue weighted by molar-refractivity contribution is 7.98. The lowest BCUT2D eigenvalue weighted by Crippen LogP contribution is -2.50. The molecule has 0 bridgehead atoms. The van der Waals surface area contributed by atoms with E-state index in [0.29, 0.717) is 11.3 Å². The minimum atomic E-state index is -3.73. The molecule has 0 unspecified atom stereocenters. The van der Waals surface area contributed by atoms with Crippen molar-refractivity contribution in [3.05, 3.63) is 76.9 Å². The van der Waals surface area contributed by atoms with E-state index in [4.69, 9.17) is 4.52 Å². The zero-order chi connectivity index (χ0) is 23.6. The van der Waals surface area contributed by atoms with E-state index in [2.05, 4.69) is 5.16 Å². The van der Waals surface area contributed by atoms with Crippen molar-refractivity contribution in [2.24, 2.45) is 0 Å². The van der Waals surface area contributed by atoms with Crippen molar-refractivity contribution in [1.82, 2.24) is 14.4 Å². The highest BCUT2D eigenvalue weighted by Gasteiger charge is 2.31. The van der Waals surface area contributed by atoms with E-state index in [9.17, 15) is 17.6 Å². The molecule has 0 saturated carbocycles. The van der Waals surface area contributed by atoms with Crippen LogP contribution in [0.1, 0.15) is 27.4 Å². The number of nitrogens with zero attached hydrogens (tertiary/aromatic N) is 3. The summed E-state index contributed by atoms with van der Waals surface area (Å²) >= 11 is 1.54. The first kappa shape index (κ1) is 23.5. The number of carbonyl (C=O) groups is 1. The standard InChI is InChI=1S/C23H24FN3O4S2/c1-16-21(17(2)31-25-16)15-32-22-6-4-3-5-20(22)23(28)26-11-13-27(14-12-26)33(29,30)19-9-7-18(24)8-10-19/h3-10H,11-15H2,1-2H3. The average Bonchev–Trinajstić information content (AvgIpc) is 3.15. The molecule has 1 aliphatic rings. The van der Waals surface area contributed by atoms with Gasteiger partial charge in [-0.1, -0.05) is 17.3 Å². The number of hydrogen-bond acceptors (Lipinski definition) is 6. The molecule has 4 rings (SSSR count). The smallest absolute Gasteiger partial charge is 0.255 e. The average molecular weight is 490 g/mol. The molecule has 1 saturated heterocycles. The summed E-state index contributed by atoms with van der Waals surface area (Å²) < 4.78 is 45.4. The highest BCUT2D eigenvalue weighted by Crippen LogP contribution is 2.30. The van der Waals surface area contributed by atoms with Gasteiger partial charge >= 0.3 is 0 Å². The molecule has 3 aromatic rings. The normalized spacial score (nSPS) is 15.1. The number of amides is 1. The van der Waals surface area contributed by atoms with Gasteiger partial charge in [0, 0.05) is 42.4 Å². The number of rotatable bonds is 6. The van der Waals surface area contributed by atoms with E-state index in [1.165, 1.54) is 16.4 Å². The van der Waals surface area contributed by atoms with Gasteiger partial charge in [0.2, 0.25) is 10.0 Å². The maximum absolute atomic E-state index is 13.3. The van der Waals surface area contributed by atoms with Crippen LogP contribution in [-0.4, -0.2) is 54.9 Å². The molecular weight excluding hydrogens is 465 g/mol. The first-order valence-electron chi connectivity index (χ1n) is 10.5. The molecule has 0 aliphatic carbocycles. The van der Waals surface area contributed by atoms with Gasteiger partial charge in [-0.15, -0.1) is 11.8 Å². The Bertz CT molecular complexity index is 1230. The number of halogens is 1. The molecule has 33 heavy (non-hydrogen) atoms. The molecule has 0 atom stereocenters. The highest BCUT2D eigenvalue weighted by atomic mass is 32.2. The second-order valence-electron chi connectivity index (χ2n) is 7.74. The first-order valence-corrected chi connectivity index (χ1v) is 12.9. The number of aromatic nitrogens is 1. The Morgan fingerprint density at radius 3 is 2.36 bits per heavy atom. The second kappa shape index (κ2) is 9.66. The summed E-state index contributed by atoms with van der Waals surface area (Å²) in [6.45, 7) is 4.68. The summed E-state index contributed by atoms with van der Waals surface area (Å²) in [6.07, 6.45) is 0. The fraction of sp³-hybridized carbons (Fsp3) is 0.304. The minimum absolute atomic E-state index is 0.0461. The fourth-order valence-corrected chi connectivity index (χ4v) is 6.30. The van der Waals surface area contributed by atoms with Crippen LogP contribution in [0.5, 0.6) is 0 Å². The number of benzene rings is 2. The van der Waals surface area contributed by atoms with Crippen molar-refractivity contribution in [3.8, 4) is 0 Å². The van der Waals surface area contributed by atoms with Crippen LogP contribution in [0.15, 0.2) is 62.8 Å². The van der Waals surface area contributed by atoms with Crippen molar-refractivity contribution < 1.29 is 22.1 Å². The Morgan fingerprint density at radius 1 is 1.06 bits per heavy atom. The van der Waals surface area contributed by atoms with Crippen LogP contribution < -0.4 is 0 Å². The molecule has 0 spiro atoms. The third kappa shape index (κ3) is 4.97. The molecule has 1 amide bonds. The van der Waals surface area contributed by atoms with Crippen LogP contribution in [0.3, 0.4) is 0 Å². The molecule has 2 heterocycles. The second-order valence-corrected chi connectivity index (χ2v) is 10.7. The van der Waals surface area contributed by atoms with E-state index in [1.807, 2.05) is 32.0 Å². The zero-order valence-corrected chi connectivity index (χ0v) is 20.0. The van der Waals surface area contributed by atoms with E-state index in [0.717, 1.165) is 34.0 Å². The third-order valence-electron chi connectivity index (χ3n) is 5.65. The minimum Gasteiger partial charge on any atom is -0.361 e. The molecule has 7 nitrogen and oxygen atoms in total. The Kier molecular flexibility index (Phi) is 6.87. The Hall–Kier alpha value is -2.69. The predicted molar refractivity (Wildman–Crippen MR) is 123 cm³/mol. The van der Waals surface area contributed by atoms with Gasteiger partial charge in [-0.2, -0.15) is 4.31 Å². The summed E-state index contributed by atoms with van der Waals surface area (Å²) in [4.78, 5) is 15.8. The van der Waals surface area contributed by atoms with E-state index >= 15 is 0 Å².